The predicted molar refractivity (Wildman–Crippen MR) is 98.3 cm³/mol. The van der Waals surface area contributed by atoms with Crippen molar-refractivity contribution in [1.82, 2.24) is 0 Å². The van der Waals surface area contributed by atoms with Gasteiger partial charge in [0.05, 0.1) is 12.4 Å². The summed E-state index contributed by atoms with van der Waals surface area (Å²) in [5.41, 5.74) is 4.62. The van der Waals surface area contributed by atoms with Crippen LogP contribution in [0.4, 0.5) is 5.69 Å². The molecule has 0 atom stereocenters. The molecule has 0 radical (unpaired) electrons. The number of carbonyl (C=O) groups excluding carboxylic acids is 1. The van der Waals surface area contributed by atoms with Crippen molar-refractivity contribution in [2.24, 2.45) is 0 Å². The monoisotopic (exact) mass is 329 g/mol. The molecular weight excluding hydrogens is 306 g/mol. The summed E-state index contributed by atoms with van der Waals surface area (Å²) in [6, 6.07) is 13.9. The molecule has 2 aromatic carbocycles. The molecular formula is C19H23NO2S. The average molecular weight is 329 g/mol. The largest absolute Gasteiger partial charge is 0.494 e. The van der Waals surface area contributed by atoms with Gasteiger partial charge in [-0.05, 0) is 56.2 Å². The molecule has 0 unspecified atom stereocenters. The van der Waals surface area contributed by atoms with E-state index < -0.39 is 0 Å². The number of nitrogens with one attached hydrogen (secondary N) is 1. The molecule has 0 bridgehead atoms. The van der Waals surface area contributed by atoms with E-state index >= 15 is 0 Å². The third-order valence-electron chi connectivity index (χ3n) is 3.44. The molecule has 0 aromatic heterocycles. The molecule has 0 aliphatic rings. The summed E-state index contributed by atoms with van der Waals surface area (Å²) >= 11 is 1.63. The van der Waals surface area contributed by atoms with E-state index in [0.717, 1.165) is 17.2 Å². The van der Waals surface area contributed by atoms with Crippen LogP contribution in [-0.4, -0.2) is 18.3 Å². The summed E-state index contributed by atoms with van der Waals surface area (Å²) < 4.78 is 5.38. The molecule has 0 heterocycles. The molecule has 0 saturated heterocycles. The quantitative estimate of drug-likeness (QED) is 0.808. The number of thioether (sulfide) groups is 1. The highest BCUT2D eigenvalue weighted by Gasteiger charge is 2.05. The van der Waals surface area contributed by atoms with Crippen LogP contribution in [0.1, 0.15) is 23.6 Å². The van der Waals surface area contributed by atoms with Crippen molar-refractivity contribution < 1.29 is 9.53 Å². The minimum absolute atomic E-state index is 0.0180. The van der Waals surface area contributed by atoms with E-state index in [0.29, 0.717) is 12.4 Å². The number of amides is 1. The van der Waals surface area contributed by atoms with Gasteiger partial charge in [-0.15, -0.1) is 11.8 Å². The molecule has 0 aliphatic carbocycles. The first-order valence-electron chi connectivity index (χ1n) is 7.75. The zero-order valence-electron chi connectivity index (χ0n) is 13.9. The molecule has 122 valence electrons. The second kappa shape index (κ2) is 8.63. The number of aryl methyl sites for hydroxylation is 2. The molecule has 2 rings (SSSR count). The Balaban J connectivity index is 1.79. The molecule has 4 heteroatoms. The Morgan fingerprint density at radius 2 is 1.87 bits per heavy atom. The van der Waals surface area contributed by atoms with Crippen molar-refractivity contribution in [3.05, 3.63) is 59.2 Å². The van der Waals surface area contributed by atoms with Crippen LogP contribution in [-0.2, 0) is 10.5 Å². The lowest BCUT2D eigenvalue weighted by Gasteiger charge is -2.08. The first-order valence-corrected chi connectivity index (χ1v) is 8.90. The van der Waals surface area contributed by atoms with Crippen molar-refractivity contribution in [3.63, 3.8) is 0 Å². The van der Waals surface area contributed by atoms with E-state index in [1.807, 2.05) is 31.2 Å². The molecule has 0 aliphatic heterocycles. The minimum Gasteiger partial charge on any atom is -0.494 e. The van der Waals surface area contributed by atoms with E-state index in [1.165, 1.54) is 16.7 Å². The van der Waals surface area contributed by atoms with Crippen molar-refractivity contribution in [2.75, 3.05) is 17.7 Å². The van der Waals surface area contributed by atoms with Crippen LogP contribution < -0.4 is 10.1 Å². The fraction of sp³-hybridized carbons (Fsp3) is 0.316. The number of rotatable bonds is 7. The van der Waals surface area contributed by atoms with Gasteiger partial charge in [0, 0.05) is 11.4 Å². The normalized spacial score (nSPS) is 10.4. The van der Waals surface area contributed by atoms with Crippen molar-refractivity contribution in [2.45, 2.75) is 26.5 Å². The Bertz CT molecular complexity index is 653. The van der Waals surface area contributed by atoms with Gasteiger partial charge in [0.15, 0.2) is 0 Å². The van der Waals surface area contributed by atoms with Crippen molar-refractivity contribution in [1.29, 1.82) is 0 Å². The topological polar surface area (TPSA) is 38.3 Å². The van der Waals surface area contributed by atoms with Crippen molar-refractivity contribution >= 4 is 23.4 Å². The van der Waals surface area contributed by atoms with Gasteiger partial charge in [-0.25, -0.2) is 0 Å². The number of hydrogen-bond donors (Lipinski definition) is 1. The Morgan fingerprint density at radius 3 is 2.57 bits per heavy atom. The Kier molecular flexibility index (Phi) is 6.53. The molecule has 1 amide bonds. The molecule has 0 saturated carbocycles. The van der Waals surface area contributed by atoms with Gasteiger partial charge >= 0.3 is 0 Å². The summed E-state index contributed by atoms with van der Waals surface area (Å²) in [5.74, 6) is 2.13. The summed E-state index contributed by atoms with van der Waals surface area (Å²) in [5, 5.41) is 2.91. The fourth-order valence-corrected chi connectivity index (χ4v) is 3.10. The maximum absolute atomic E-state index is 12.0. The van der Waals surface area contributed by atoms with Crippen LogP contribution in [0, 0.1) is 13.8 Å². The average Bonchev–Trinajstić information content (AvgIpc) is 2.53. The minimum atomic E-state index is 0.0180. The van der Waals surface area contributed by atoms with Crippen LogP contribution in [0.15, 0.2) is 42.5 Å². The van der Waals surface area contributed by atoms with Crippen LogP contribution in [0.3, 0.4) is 0 Å². The summed E-state index contributed by atoms with van der Waals surface area (Å²) in [6.45, 7) is 6.78. The molecule has 0 fully saturated rings. The predicted octanol–water partition coefficient (Wildman–Crippen LogP) is 4.57. The van der Waals surface area contributed by atoms with Crippen LogP contribution in [0.5, 0.6) is 5.75 Å². The number of carbonyl (C=O) groups is 1. The third kappa shape index (κ3) is 5.64. The molecule has 3 nitrogen and oxygen atoms in total. The van der Waals surface area contributed by atoms with E-state index in [1.54, 1.807) is 11.8 Å². The number of benzene rings is 2. The Morgan fingerprint density at radius 1 is 1.13 bits per heavy atom. The number of hydrogen-bond acceptors (Lipinski definition) is 3. The second-order valence-electron chi connectivity index (χ2n) is 5.43. The van der Waals surface area contributed by atoms with Gasteiger partial charge in [-0.2, -0.15) is 0 Å². The van der Waals surface area contributed by atoms with E-state index in [9.17, 15) is 4.79 Å². The van der Waals surface area contributed by atoms with Gasteiger partial charge in [0.25, 0.3) is 0 Å². The lowest BCUT2D eigenvalue weighted by atomic mass is 10.1. The first-order chi connectivity index (χ1) is 11.1. The highest BCUT2D eigenvalue weighted by atomic mass is 32.2. The first kappa shape index (κ1) is 17.4. The highest BCUT2D eigenvalue weighted by Crippen LogP contribution is 2.19. The van der Waals surface area contributed by atoms with E-state index in [2.05, 4.69) is 37.4 Å². The summed E-state index contributed by atoms with van der Waals surface area (Å²) in [4.78, 5) is 12.0. The van der Waals surface area contributed by atoms with Gasteiger partial charge in [-0.1, -0.05) is 23.8 Å². The maximum Gasteiger partial charge on any atom is 0.234 e. The van der Waals surface area contributed by atoms with Crippen LogP contribution in [0.2, 0.25) is 0 Å². The smallest absolute Gasteiger partial charge is 0.234 e. The lowest BCUT2D eigenvalue weighted by Crippen LogP contribution is -2.14. The third-order valence-corrected chi connectivity index (χ3v) is 4.43. The van der Waals surface area contributed by atoms with Gasteiger partial charge < -0.3 is 10.1 Å². The summed E-state index contributed by atoms with van der Waals surface area (Å²) in [7, 11) is 0. The fourth-order valence-electron chi connectivity index (χ4n) is 2.21. The molecule has 23 heavy (non-hydrogen) atoms. The summed E-state index contributed by atoms with van der Waals surface area (Å²) in [6.07, 6.45) is 0. The van der Waals surface area contributed by atoms with E-state index in [4.69, 9.17) is 4.74 Å². The van der Waals surface area contributed by atoms with Crippen LogP contribution >= 0.6 is 11.8 Å². The number of ether oxygens (including phenoxy) is 1. The van der Waals surface area contributed by atoms with Crippen molar-refractivity contribution in [3.8, 4) is 5.75 Å². The maximum atomic E-state index is 12.0. The molecule has 2 aromatic rings. The molecule has 1 N–H and O–H groups in total. The van der Waals surface area contributed by atoms with Gasteiger partial charge in [0.2, 0.25) is 5.91 Å². The highest BCUT2D eigenvalue weighted by molar-refractivity contribution is 7.99. The zero-order chi connectivity index (χ0) is 16.7. The lowest BCUT2D eigenvalue weighted by molar-refractivity contribution is -0.113. The second-order valence-corrected chi connectivity index (χ2v) is 6.41. The Labute approximate surface area is 142 Å². The van der Waals surface area contributed by atoms with E-state index in [-0.39, 0.29) is 5.91 Å². The SMILES string of the molecule is CCOc1ccc(NC(=O)CSCc2cc(C)ccc2C)cc1. The standard InChI is InChI=1S/C19H23NO2S/c1-4-22-18-9-7-17(8-10-18)20-19(21)13-23-12-16-11-14(2)5-6-15(16)3/h5-11H,4,12-13H2,1-3H3,(H,20,21). The zero-order valence-corrected chi connectivity index (χ0v) is 14.7. The van der Waals surface area contributed by atoms with Gasteiger partial charge in [-0.3, -0.25) is 4.79 Å². The van der Waals surface area contributed by atoms with Crippen LogP contribution in [0.25, 0.3) is 0 Å². The Hall–Kier alpha value is -1.94. The molecule has 0 spiro atoms. The number of anilines is 1. The van der Waals surface area contributed by atoms with Gasteiger partial charge in [0.1, 0.15) is 5.75 Å².